The Kier molecular flexibility index (Phi) is 5.56. The topological polar surface area (TPSA) is 24.7 Å². The number of allylic oxidation sites excluding steroid dienone is 1. The molecule has 0 spiro atoms. The normalized spacial score (nSPS) is 12.8. The first-order valence-electron chi connectivity index (χ1n) is 3.17. The van der Waals surface area contributed by atoms with Gasteiger partial charge in [-0.1, -0.05) is 6.58 Å². The summed E-state index contributed by atoms with van der Waals surface area (Å²) in [6.07, 6.45) is 1.64. The number of aliphatic imine (C=N–C) groups is 1. The van der Waals surface area contributed by atoms with E-state index in [1.807, 2.05) is 14.8 Å². The number of hydrogen-bond acceptors (Lipinski definition) is 3. The molecule has 0 aromatic rings. The Morgan fingerprint density at radius 1 is 1.64 bits per heavy atom. The van der Waals surface area contributed by atoms with Crippen molar-refractivity contribution in [3.63, 3.8) is 0 Å². The number of rotatable bonds is 4. The fourth-order valence-corrected chi connectivity index (χ4v) is 0.878. The van der Waals surface area contributed by atoms with Crippen LogP contribution < -0.4 is 0 Å². The third kappa shape index (κ3) is 5.67. The molecule has 4 heteroatoms. The highest BCUT2D eigenvalue weighted by molar-refractivity contribution is 8.01. The molecule has 0 saturated carbocycles. The minimum Gasteiger partial charge on any atom is -0.264 e. The maximum Gasteiger partial charge on any atom is 0.158 e. The van der Waals surface area contributed by atoms with Crippen molar-refractivity contribution in [2.45, 2.75) is 6.92 Å². The maximum atomic E-state index is 4.08. The predicted molar refractivity (Wildman–Crippen MR) is 57.1 cm³/mol. The molecule has 0 heterocycles. The van der Waals surface area contributed by atoms with Gasteiger partial charge in [-0.05, 0) is 25.3 Å². The van der Waals surface area contributed by atoms with Crippen molar-refractivity contribution in [2.75, 3.05) is 0 Å². The Bertz CT molecular complexity index is 194. The Morgan fingerprint density at radius 2 is 2.27 bits per heavy atom. The van der Waals surface area contributed by atoms with Gasteiger partial charge in [-0.2, -0.15) is 0 Å². The zero-order chi connectivity index (χ0) is 8.69. The van der Waals surface area contributed by atoms with Gasteiger partial charge in [0.1, 0.15) is 0 Å². The van der Waals surface area contributed by atoms with Gasteiger partial charge in [0, 0.05) is 17.4 Å². The highest BCUT2D eigenvalue weighted by Gasteiger charge is 1.83. The standard InChI is InChI=1S/C7H11BN2S/c1-4-7(9-3)5-11-10-6(2)8/h4-5H,1,3,8H2,2H3/b7-5-,10-6+. The summed E-state index contributed by atoms with van der Waals surface area (Å²) in [5.41, 5.74) is 1.78. The summed E-state index contributed by atoms with van der Waals surface area (Å²) in [4.78, 5) is 3.71. The van der Waals surface area contributed by atoms with Crippen LogP contribution in [-0.2, 0) is 0 Å². The Balaban J connectivity index is 3.99. The SMILES string of the molecule is B/C(C)=N/S/C=C(/C=C)N=C. The van der Waals surface area contributed by atoms with Crippen molar-refractivity contribution in [1.29, 1.82) is 0 Å². The van der Waals surface area contributed by atoms with Gasteiger partial charge in [-0.15, -0.1) is 0 Å². The summed E-state index contributed by atoms with van der Waals surface area (Å²) in [7, 11) is 1.94. The Hall–Kier alpha value is -0.765. The molecular weight excluding hydrogens is 155 g/mol. The molecule has 11 heavy (non-hydrogen) atoms. The minimum atomic E-state index is 0.750. The van der Waals surface area contributed by atoms with E-state index < -0.39 is 0 Å². The average molecular weight is 166 g/mol. The second-order valence-electron chi connectivity index (χ2n) is 2.05. The molecule has 0 bridgehead atoms. The molecule has 58 valence electrons. The second-order valence-corrected chi connectivity index (χ2v) is 2.68. The van der Waals surface area contributed by atoms with E-state index in [-0.39, 0.29) is 0 Å². The van der Waals surface area contributed by atoms with Crippen LogP contribution in [-0.4, -0.2) is 20.2 Å². The van der Waals surface area contributed by atoms with E-state index in [1.54, 1.807) is 11.5 Å². The van der Waals surface area contributed by atoms with Gasteiger partial charge in [0.05, 0.1) is 5.70 Å². The molecule has 0 amide bonds. The van der Waals surface area contributed by atoms with Crippen LogP contribution in [0.3, 0.4) is 0 Å². The van der Waals surface area contributed by atoms with Crippen molar-refractivity contribution in [1.82, 2.24) is 0 Å². The van der Waals surface area contributed by atoms with E-state index in [1.165, 1.54) is 11.9 Å². The first-order valence-corrected chi connectivity index (χ1v) is 4.00. The summed E-state index contributed by atoms with van der Waals surface area (Å²) in [5, 5.41) is 1.80. The third-order valence-corrected chi connectivity index (χ3v) is 1.62. The van der Waals surface area contributed by atoms with Crippen molar-refractivity contribution in [3.05, 3.63) is 23.8 Å². The van der Waals surface area contributed by atoms with Crippen molar-refractivity contribution in [3.8, 4) is 0 Å². The van der Waals surface area contributed by atoms with E-state index in [9.17, 15) is 0 Å². The quantitative estimate of drug-likeness (QED) is 0.268. The van der Waals surface area contributed by atoms with Crippen LogP contribution in [0.25, 0.3) is 0 Å². The summed E-state index contributed by atoms with van der Waals surface area (Å²) in [6, 6.07) is 0. The van der Waals surface area contributed by atoms with Crippen LogP contribution >= 0.6 is 11.9 Å². The van der Waals surface area contributed by atoms with E-state index in [4.69, 9.17) is 0 Å². The first kappa shape index (κ1) is 10.2. The number of nitrogens with zero attached hydrogens (tertiary/aromatic N) is 2. The second kappa shape index (κ2) is 5.98. The van der Waals surface area contributed by atoms with Crippen molar-refractivity contribution in [2.24, 2.45) is 9.39 Å². The summed E-state index contributed by atoms with van der Waals surface area (Å²) < 4.78 is 4.08. The minimum absolute atomic E-state index is 0.750. The third-order valence-electron chi connectivity index (χ3n) is 0.800. The van der Waals surface area contributed by atoms with Crippen LogP contribution in [0.1, 0.15) is 6.92 Å². The zero-order valence-corrected chi connectivity index (χ0v) is 7.69. The molecular formula is C7H11BN2S. The van der Waals surface area contributed by atoms with E-state index in [2.05, 4.69) is 22.7 Å². The zero-order valence-electron chi connectivity index (χ0n) is 6.87. The van der Waals surface area contributed by atoms with Crippen LogP contribution in [0.5, 0.6) is 0 Å². The molecule has 0 aromatic heterocycles. The van der Waals surface area contributed by atoms with Gasteiger partial charge in [0.15, 0.2) is 7.85 Å². The van der Waals surface area contributed by atoms with Crippen LogP contribution in [0.2, 0.25) is 0 Å². The van der Waals surface area contributed by atoms with E-state index in [0.29, 0.717) is 0 Å². The average Bonchev–Trinajstić information content (AvgIpc) is 1.98. The summed E-state index contributed by atoms with van der Waals surface area (Å²) in [5.74, 6) is 0. The molecule has 0 aliphatic heterocycles. The largest absolute Gasteiger partial charge is 0.264 e. The van der Waals surface area contributed by atoms with Gasteiger partial charge in [0.2, 0.25) is 0 Å². The molecule has 0 unspecified atom stereocenters. The molecule has 0 N–H and O–H groups in total. The van der Waals surface area contributed by atoms with Crippen LogP contribution in [0, 0.1) is 0 Å². The molecule has 0 aromatic carbocycles. The molecule has 2 nitrogen and oxygen atoms in total. The van der Waals surface area contributed by atoms with Gasteiger partial charge >= 0.3 is 0 Å². The van der Waals surface area contributed by atoms with Crippen molar-refractivity contribution < 1.29 is 0 Å². The molecule has 0 fully saturated rings. The van der Waals surface area contributed by atoms with Gasteiger partial charge in [-0.3, -0.25) is 4.99 Å². The van der Waals surface area contributed by atoms with Crippen LogP contribution in [0.15, 0.2) is 33.2 Å². The highest BCUT2D eigenvalue weighted by Crippen LogP contribution is 2.09. The van der Waals surface area contributed by atoms with Gasteiger partial charge in [-0.25, -0.2) is 4.40 Å². The Labute approximate surface area is 72.8 Å². The monoisotopic (exact) mass is 166 g/mol. The number of hydrogen-bond donors (Lipinski definition) is 0. The highest BCUT2D eigenvalue weighted by atomic mass is 32.2. The molecule has 0 radical (unpaired) electrons. The smallest absolute Gasteiger partial charge is 0.158 e. The lowest BCUT2D eigenvalue weighted by Gasteiger charge is -1.89. The summed E-state index contributed by atoms with van der Waals surface area (Å²) in [6.45, 7) is 8.88. The van der Waals surface area contributed by atoms with E-state index in [0.717, 1.165) is 11.3 Å². The molecule has 0 saturated heterocycles. The predicted octanol–water partition coefficient (Wildman–Crippen LogP) is 1.41. The van der Waals surface area contributed by atoms with Crippen molar-refractivity contribution >= 4 is 32.1 Å². The molecule has 0 rings (SSSR count). The Morgan fingerprint density at radius 3 is 2.64 bits per heavy atom. The van der Waals surface area contributed by atoms with Crippen LogP contribution in [0.4, 0.5) is 0 Å². The van der Waals surface area contributed by atoms with E-state index >= 15 is 0 Å². The lowest BCUT2D eigenvalue weighted by atomic mass is 10.1. The lowest BCUT2D eigenvalue weighted by Crippen LogP contribution is -1.83. The summed E-state index contributed by atoms with van der Waals surface area (Å²) >= 11 is 1.34. The molecule has 0 aliphatic rings. The maximum absolute atomic E-state index is 4.08. The molecule has 0 aliphatic carbocycles. The van der Waals surface area contributed by atoms with Gasteiger partial charge < -0.3 is 0 Å². The van der Waals surface area contributed by atoms with Gasteiger partial charge in [0.25, 0.3) is 0 Å². The first-order chi connectivity index (χ1) is 5.20. The fourth-order valence-electron chi connectivity index (χ4n) is 0.336. The lowest BCUT2D eigenvalue weighted by molar-refractivity contribution is 1.47. The molecule has 0 atom stereocenters. The fraction of sp³-hybridized carbons (Fsp3) is 0.143.